The zero-order chi connectivity index (χ0) is 23.1. The molecule has 0 unspecified atom stereocenters. The van der Waals surface area contributed by atoms with Crippen LogP contribution in [0.1, 0.15) is 134 Å². The molecule has 182 valence electrons. The highest BCUT2D eigenvalue weighted by molar-refractivity contribution is 5.62. The fourth-order valence-corrected chi connectivity index (χ4v) is 5.57. The van der Waals surface area contributed by atoms with Gasteiger partial charge >= 0.3 is 0 Å². The number of pyridine rings is 1. The van der Waals surface area contributed by atoms with E-state index >= 15 is 0 Å². The Balaban J connectivity index is 1.39. The van der Waals surface area contributed by atoms with Gasteiger partial charge in [-0.25, -0.2) is 0 Å². The summed E-state index contributed by atoms with van der Waals surface area (Å²) in [6.07, 6.45) is 25.6. The molecule has 1 nitrogen and oxygen atoms in total. The van der Waals surface area contributed by atoms with E-state index in [1.807, 2.05) is 0 Å². The van der Waals surface area contributed by atoms with Gasteiger partial charge in [0.15, 0.2) is 0 Å². The van der Waals surface area contributed by atoms with Crippen molar-refractivity contribution < 1.29 is 0 Å². The predicted octanol–water partition coefficient (Wildman–Crippen LogP) is 10.3. The maximum Gasteiger partial charge on any atom is 0.0434 e. The lowest BCUT2D eigenvalue weighted by molar-refractivity contribution is 0.299. The van der Waals surface area contributed by atoms with Crippen LogP contribution in [0, 0.1) is 5.92 Å². The molecular weight excluding hydrogens is 398 g/mol. The lowest BCUT2D eigenvalue weighted by atomic mass is 9.78. The summed E-state index contributed by atoms with van der Waals surface area (Å²) in [5.74, 6) is 1.65. The highest BCUT2D eigenvalue weighted by Gasteiger charge is 2.22. The molecule has 0 aliphatic heterocycles. The molecule has 1 heterocycles. The Kier molecular flexibility index (Phi) is 12.1. The average molecular weight is 448 g/mol. The van der Waals surface area contributed by atoms with Crippen LogP contribution in [0.4, 0.5) is 0 Å². The summed E-state index contributed by atoms with van der Waals surface area (Å²) in [5.41, 5.74) is 5.34. The third-order valence-electron chi connectivity index (χ3n) is 7.87. The van der Waals surface area contributed by atoms with Crippen molar-refractivity contribution in [3.63, 3.8) is 0 Å². The van der Waals surface area contributed by atoms with Crippen molar-refractivity contribution in [3.8, 4) is 11.1 Å². The van der Waals surface area contributed by atoms with E-state index in [1.165, 1.54) is 132 Å². The molecular formula is C32H49N. The van der Waals surface area contributed by atoms with E-state index in [0.717, 1.165) is 5.92 Å². The van der Waals surface area contributed by atoms with Crippen molar-refractivity contribution in [2.24, 2.45) is 5.92 Å². The fourth-order valence-electron chi connectivity index (χ4n) is 5.57. The molecule has 0 spiro atoms. The number of aromatic nitrogens is 1. The van der Waals surface area contributed by atoms with Crippen LogP contribution >= 0.6 is 0 Å². The van der Waals surface area contributed by atoms with Crippen LogP contribution in [0.5, 0.6) is 0 Å². The van der Waals surface area contributed by atoms with Crippen molar-refractivity contribution in [2.45, 2.75) is 129 Å². The minimum Gasteiger partial charge on any atom is -0.260 e. The van der Waals surface area contributed by atoms with Gasteiger partial charge in [-0.3, -0.25) is 4.98 Å². The summed E-state index contributed by atoms with van der Waals surface area (Å²) < 4.78 is 0. The van der Waals surface area contributed by atoms with E-state index in [4.69, 9.17) is 4.98 Å². The lowest BCUT2D eigenvalue weighted by Gasteiger charge is -2.28. The van der Waals surface area contributed by atoms with Crippen molar-refractivity contribution in [1.29, 1.82) is 0 Å². The van der Waals surface area contributed by atoms with Crippen LogP contribution in [-0.4, -0.2) is 4.98 Å². The molecule has 1 saturated carbocycles. The Morgan fingerprint density at radius 1 is 0.636 bits per heavy atom. The normalized spacial score (nSPS) is 18.5. The second-order valence-electron chi connectivity index (χ2n) is 10.6. The topological polar surface area (TPSA) is 12.9 Å². The number of unbranched alkanes of at least 4 members (excludes halogenated alkanes) is 9. The number of hydrogen-bond donors (Lipinski definition) is 0. The molecule has 1 fully saturated rings. The lowest BCUT2D eigenvalue weighted by Crippen LogP contribution is -2.14. The maximum atomic E-state index is 4.91. The van der Waals surface area contributed by atoms with Crippen molar-refractivity contribution >= 4 is 0 Å². The minimum atomic E-state index is 0.676. The summed E-state index contributed by atoms with van der Waals surface area (Å²) in [6, 6.07) is 13.8. The molecule has 0 radical (unpaired) electrons. The SMILES string of the molecule is CCCCCCCC[C@H]1CC[C@H](c2ccc(-c3ccc(CCCCCCC)cc3)cn2)CC1. The van der Waals surface area contributed by atoms with Crippen LogP contribution < -0.4 is 0 Å². The van der Waals surface area contributed by atoms with E-state index in [9.17, 15) is 0 Å². The molecule has 0 N–H and O–H groups in total. The molecule has 1 aromatic carbocycles. The van der Waals surface area contributed by atoms with Gasteiger partial charge in [0.2, 0.25) is 0 Å². The van der Waals surface area contributed by atoms with Gasteiger partial charge in [-0.05, 0) is 61.6 Å². The third-order valence-corrected chi connectivity index (χ3v) is 7.87. The summed E-state index contributed by atoms with van der Waals surface area (Å²) >= 11 is 0. The van der Waals surface area contributed by atoms with Crippen LogP contribution in [0.3, 0.4) is 0 Å². The first-order chi connectivity index (χ1) is 16.3. The number of nitrogens with zero attached hydrogens (tertiary/aromatic N) is 1. The van der Waals surface area contributed by atoms with Crippen LogP contribution in [0.25, 0.3) is 11.1 Å². The standard InChI is InChI=1S/C32H49N/c1-3-5-7-9-11-13-15-28-18-22-30(23-19-28)32-25-24-31(26-33-32)29-20-16-27(17-21-29)14-12-10-8-6-4-2/h16-17,20-21,24-26,28,30H,3-15,18-19,22-23H2,1-2H3/t28-,30-. The van der Waals surface area contributed by atoms with Crippen molar-refractivity contribution in [2.75, 3.05) is 0 Å². The quantitative estimate of drug-likeness (QED) is 0.247. The van der Waals surface area contributed by atoms with E-state index in [-0.39, 0.29) is 0 Å². The average Bonchev–Trinajstić information content (AvgIpc) is 2.87. The molecule has 1 heteroatoms. The van der Waals surface area contributed by atoms with E-state index in [1.54, 1.807) is 0 Å². The predicted molar refractivity (Wildman–Crippen MR) is 145 cm³/mol. The molecule has 0 amide bonds. The second-order valence-corrected chi connectivity index (χ2v) is 10.6. The second kappa shape index (κ2) is 15.3. The van der Waals surface area contributed by atoms with Gasteiger partial charge in [-0.2, -0.15) is 0 Å². The van der Waals surface area contributed by atoms with E-state index in [2.05, 4.69) is 56.4 Å². The summed E-state index contributed by atoms with van der Waals surface area (Å²) in [7, 11) is 0. The highest BCUT2D eigenvalue weighted by Crippen LogP contribution is 2.37. The monoisotopic (exact) mass is 447 g/mol. The third kappa shape index (κ3) is 9.26. The maximum absolute atomic E-state index is 4.91. The smallest absolute Gasteiger partial charge is 0.0434 e. The molecule has 0 bridgehead atoms. The van der Waals surface area contributed by atoms with Gasteiger partial charge in [-0.15, -0.1) is 0 Å². The van der Waals surface area contributed by atoms with Gasteiger partial charge in [0.25, 0.3) is 0 Å². The van der Waals surface area contributed by atoms with Gasteiger partial charge in [0.1, 0.15) is 0 Å². The Bertz CT molecular complexity index is 737. The summed E-state index contributed by atoms with van der Waals surface area (Å²) in [6.45, 7) is 4.58. The molecule has 33 heavy (non-hydrogen) atoms. The molecule has 1 aliphatic carbocycles. The molecule has 3 rings (SSSR count). The zero-order valence-corrected chi connectivity index (χ0v) is 21.7. The largest absolute Gasteiger partial charge is 0.260 e. The number of rotatable bonds is 15. The molecule has 0 atom stereocenters. The molecule has 0 saturated heterocycles. The summed E-state index contributed by atoms with van der Waals surface area (Å²) in [4.78, 5) is 4.91. The summed E-state index contributed by atoms with van der Waals surface area (Å²) in [5, 5.41) is 0. The van der Waals surface area contributed by atoms with Gasteiger partial charge in [-0.1, -0.05) is 115 Å². The molecule has 2 aromatic rings. The van der Waals surface area contributed by atoms with Gasteiger partial charge < -0.3 is 0 Å². The first kappa shape index (κ1) is 26.0. The Morgan fingerprint density at radius 2 is 1.24 bits per heavy atom. The number of hydrogen-bond acceptors (Lipinski definition) is 1. The van der Waals surface area contributed by atoms with Crippen LogP contribution in [-0.2, 0) is 6.42 Å². The zero-order valence-electron chi connectivity index (χ0n) is 21.7. The van der Waals surface area contributed by atoms with Crippen LogP contribution in [0.15, 0.2) is 42.6 Å². The number of aryl methyl sites for hydroxylation is 1. The first-order valence-electron chi connectivity index (χ1n) is 14.4. The van der Waals surface area contributed by atoms with Gasteiger partial charge in [0, 0.05) is 23.4 Å². The Labute approximate surface area is 204 Å². The van der Waals surface area contributed by atoms with Crippen LogP contribution in [0.2, 0.25) is 0 Å². The first-order valence-corrected chi connectivity index (χ1v) is 14.4. The molecule has 1 aliphatic rings. The van der Waals surface area contributed by atoms with Crippen molar-refractivity contribution in [3.05, 3.63) is 53.9 Å². The Morgan fingerprint density at radius 3 is 1.88 bits per heavy atom. The highest BCUT2D eigenvalue weighted by atomic mass is 14.7. The van der Waals surface area contributed by atoms with Crippen molar-refractivity contribution in [1.82, 2.24) is 4.98 Å². The minimum absolute atomic E-state index is 0.676. The van der Waals surface area contributed by atoms with Gasteiger partial charge in [0.05, 0.1) is 0 Å². The molecule has 1 aromatic heterocycles. The fraction of sp³-hybridized carbons (Fsp3) is 0.656. The number of benzene rings is 1. The Hall–Kier alpha value is -1.63. The van der Waals surface area contributed by atoms with E-state index in [0.29, 0.717) is 5.92 Å². The van der Waals surface area contributed by atoms with E-state index < -0.39 is 0 Å².